The summed E-state index contributed by atoms with van der Waals surface area (Å²) in [6, 6.07) is 17.0. The molecule has 2 aromatic rings. The first-order chi connectivity index (χ1) is 12.3. The van der Waals surface area contributed by atoms with Crippen molar-refractivity contribution >= 4 is 5.91 Å². The van der Waals surface area contributed by atoms with Gasteiger partial charge in [-0.3, -0.25) is 4.79 Å². The maximum Gasteiger partial charge on any atom is 0.224 e. The third-order valence-corrected chi connectivity index (χ3v) is 4.12. The van der Waals surface area contributed by atoms with Gasteiger partial charge < -0.3 is 14.8 Å². The molecule has 0 saturated carbocycles. The maximum absolute atomic E-state index is 12.4. The van der Waals surface area contributed by atoms with E-state index in [0.29, 0.717) is 18.8 Å². The number of nitriles is 1. The number of hydrogen-bond donors (Lipinski definition) is 1. The Labute approximate surface area is 147 Å². The summed E-state index contributed by atoms with van der Waals surface area (Å²) < 4.78 is 10.9. The minimum Gasteiger partial charge on any atom is -0.493 e. The minimum atomic E-state index is -0.0237. The number of nitrogens with one attached hydrogen (secondary N) is 1. The van der Waals surface area contributed by atoms with Crippen LogP contribution in [-0.4, -0.2) is 19.1 Å². The zero-order valence-electron chi connectivity index (χ0n) is 13.9. The second-order valence-electron chi connectivity index (χ2n) is 5.92. The minimum absolute atomic E-state index is 0.0169. The Morgan fingerprint density at radius 3 is 2.84 bits per heavy atom. The van der Waals surface area contributed by atoms with Crippen molar-refractivity contribution < 1.29 is 14.3 Å². The maximum atomic E-state index is 12.4. The third kappa shape index (κ3) is 4.51. The van der Waals surface area contributed by atoms with Crippen LogP contribution < -0.4 is 14.8 Å². The fourth-order valence-corrected chi connectivity index (χ4v) is 2.92. The van der Waals surface area contributed by atoms with Crippen molar-refractivity contribution in [2.24, 2.45) is 0 Å². The smallest absolute Gasteiger partial charge is 0.224 e. The molecule has 0 aromatic heterocycles. The molecule has 0 unspecified atom stereocenters. The van der Waals surface area contributed by atoms with Gasteiger partial charge in [0, 0.05) is 5.56 Å². The van der Waals surface area contributed by atoms with Gasteiger partial charge in [0.05, 0.1) is 19.1 Å². The van der Waals surface area contributed by atoms with Crippen LogP contribution in [0.3, 0.4) is 0 Å². The number of carbonyl (C=O) groups excluding carboxylic acids is 1. The van der Waals surface area contributed by atoms with Crippen molar-refractivity contribution in [1.82, 2.24) is 5.32 Å². The van der Waals surface area contributed by atoms with Crippen molar-refractivity contribution in [3.05, 3.63) is 59.7 Å². The zero-order valence-corrected chi connectivity index (χ0v) is 13.9. The number of para-hydroxylation sites is 1. The molecule has 1 heterocycles. The van der Waals surface area contributed by atoms with Gasteiger partial charge in [-0.15, -0.1) is 0 Å². The van der Waals surface area contributed by atoms with Gasteiger partial charge in [0.2, 0.25) is 5.91 Å². The van der Waals surface area contributed by atoms with E-state index in [0.717, 1.165) is 29.7 Å². The lowest BCUT2D eigenvalue weighted by molar-refractivity contribution is -0.121. The van der Waals surface area contributed by atoms with Crippen LogP contribution in [0.1, 0.15) is 30.0 Å². The summed E-state index contributed by atoms with van der Waals surface area (Å²) in [5, 5.41) is 11.6. The first kappa shape index (κ1) is 16.8. The van der Waals surface area contributed by atoms with E-state index >= 15 is 0 Å². The number of fused-ring (bicyclic) bond motifs is 1. The Balaban J connectivity index is 1.62. The largest absolute Gasteiger partial charge is 0.493 e. The van der Waals surface area contributed by atoms with Crippen molar-refractivity contribution in [3.8, 4) is 17.6 Å². The molecule has 1 amide bonds. The zero-order chi connectivity index (χ0) is 17.5. The molecule has 1 aliphatic rings. The average molecular weight is 336 g/mol. The van der Waals surface area contributed by atoms with E-state index in [4.69, 9.17) is 14.7 Å². The van der Waals surface area contributed by atoms with Crippen LogP contribution in [0.25, 0.3) is 0 Å². The molecule has 25 heavy (non-hydrogen) atoms. The van der Waals surface area contributed by atoms with Crippen LogP contribution in [0.4, 0.5) is 0 Å². The molecule has 0 aliphatic carbocycles. The first-order valence-corrected chi connectivity index (χ1v) is 8.36. The van der Waals surface area contributed by atoms with Crippen LogP contribution in [0.5, 0.6) is 11.5 Å². The molecule has 2 aromatic carbocycles. The molecule has 0 radical (unpaired) electrons. The summed E-state index contributed by atoms with van der Waals surface area (Å²) in [6.07, 6.45) is 2.08. The Kier molecular flexibility index (Phi) is 5.53. The number of nitrogens with zero attached hydrogens (tertiary/aromatic N) is 1. The van der Waals surface area contributed by atoms with Crippen LogP contribution in [0, 0.1) is 11.3 Å². The Hall–Kier alpha value is -3.00. The lowest BCUT2D eigenvalue weighted by Crippen LogP contribution is -2.29. The third-order valence-electron chi connectivity index (χ3n) is 4.12. The summed E-state index contributed by atoms with van der Waals surface area (Å²) in [5.74, 6) is 1.46. The van der Waals surface area contributed by atoms with E-state index in [1.54, 1.807) is 12.1 Å². The number of hydrogen-bond acceptors (Lipinski definition) is 4. The van der Waals surface area contributed by atoms with E-state index in [1.165, 1.54) is 0 Å². The highest BCUT2D eigenvalue weighted by atomic mass is 16.5. The van der Waals surface area contributed by atoms with Crippen molar-refractivity contribution in [1.29, 1.82) is 5.26 Å². The lowest BCUT2D eigenvalue weighted by atomic mass is 10.0. The number of carbonyl (C=O) groups is 1. The monoisotopic (exact) mass is 336 g/mol. The molecule has 128 valence electrons. The first-order valence-electron chi connectivity index (χ1n) is 8.36. The van der Waals surface area contributed by atoms with Gasteiger partial charge in [0.25, 0.3) is 0 Å². The van der Waals surface area contributed by atoms with Gasteiger partial charge in [-0.25, -0.2) is 0 Å². The van der Waals surface area contributed by atoms with E-state index in [2.05, 4.69) is 5.32 Å². The molecule has 5 nitrogen and oxygen atoms in total. The molecule has 1 N–H and O–H groups in total. The number of rotatable bonds is 5. The van der Waals surface area contributed by atoms with E-state index in [-0.39, 0.29) is 18.6 Å². The molecule has 0 saturated heterocycles. The molecular weight excluding hydrogens is 316 g/mol. The van der Waals surface area contributed by atoms with Crippen LogP contribution in [0.2, 0.25) is 0 Å². The number of benzene rings is 2. The molecule has 3 rings (SSSR count). The predicted molar refractivity (Wildman–Crippen MR) is 93.3 cm³/mol. The topological polar surface area (TPSA) is 71.3 Å². The van der Waals surface area contributed by atoms with Crippen molar-refractivity contribution in [2.45, 2.75) is 25.3 Å². The Morgan fingerprint density at radius 2 is 2.04 bits per heavy atom. The highest BCUT2D eigenvalue weighted by molar-refractivity contribution is 5.79. The molecule has 5 heteroatoms. The van der Waals surface area contributed by atoms with Gasteiger partial charge >= 0.3 is 0 Å². The van der Waals surface area contributed by atoms with Gasteiger partial charge in [-0.05, 0) is 36.6 Å². The van der Waals surface area contributed by atoms with Gasteiger partial charge in [-0.1, -0.05) is 30.3 Å². The van der Waals surface area contributed by atoms with E-state index in [1.807, 2.05) is 42.5 Å². The molecular formula is C20H20N2O3. The number of amides is 1. The second kappa shape index (κ2) is 8.20. The summed E-state index contributed by atoms with van der Waals surface area (Å²) >= 11 is 0. The Bertz CT molecular complexity index is 765. The summed E-state index contributed by atoms with van der Waals surface area (Å²) in [6.45, 7) is 0.691. The van der Waals surface area contributed by atoms with Crippen LogP contribution in [0.15, 0.2) is 48.5 Å². The van der Waals surface area contributed by atoms with Crippen LogP contribution in [-0.2, 0) is 11.2 Å². The normalized spacial score (nSPS) is 15.9. The molecule has 1 atom stereocenters. The molecule has 0 bridgehead atoms. The highest BCUT2D eigenvalue weighted by Gasteiger charge is 2.21. The average Bonchev–Trinajstić information content (AvgIpc) is 2.84. The van der Waals surface area contributed by atoms with Crippen molar-refractivity contribution in [2.75, 3.05) is 13.2 Å². The molecule has 1 aliphatic heterocycles. The fraction of sp³-hybridized carbons (Fsp3) is 0.300. The SMILES string of the molecule is N#CCOc1ccc(CC(=O)N[C@H]2CCCOc3ccccc32)cc1. The van der Waals surface area contributed by atoms with Crippen molar-refractivity contribution in [3.63, 3.8) is 0 Å². The summed E-state index contributed by atoms with van der Waals surface area (Å²) in [5.41, 5.74) is 1.94. The van der Waals surface area contributed by atoms with Gasteiger partial charge in [0.15, 0.2) is 6.61 Å². The van der Waals surface area contributed by atoms with E-state index < -0.39 is 0 Å². The molecule has 0 fully saturated rings. The predicted octanol–water partition coefficient (Wildman–Crippen LogP) is 3.16. The summed E-state index contributed by atoms with van der Waals surface area (Å²) in [4.78, 5) is 12.4. The lowest BCUT2D eigenvalue weighted by Gasteiger charge is -2.18. The van der Waals surface area contributed by atoms with Gasteiger partial charge in [-0.2, -0.15) is 5.26 Å². The van der Waals surface area contributed by atoms with Gasteiger partial charge in [0.1, 0.15) is 17.6 Å². The highest BCUT2D eigenvalue weighted by Crippen LogP contribution is 2.31. The Morgan fingerprint density at radius 1 is 1.24 bits per heavy atom. The second-order valence-corrected chi connectivity index (χ2v) is 5.92. The summed E-state index contributed by atoms with van der Waals surface area (Å²) in [7, 11) is 0. The van der Waals surface area contributed by atoms with Crippen LogP contribution >= 0.6 is 0 Å². The number of ether oxygens (including phenoxy) is 2. The standard InChI is InChI=1S/C20H20N2O3/c21-11-13-24-16-9-7-15(8-10-16)14-20(23)22-18-5-3-12-25-19-6-2-1-4-17(18)19/h1-2,4,6-10,18H,3,5,12-14H2,(H,22,23)/t18-/m0/s1. The quantitative estimate of drug-likeness (QED) is 0.910. The fourth-order valence-electron chi connectivity index (χ4n) is 2.92. The molecule has 0 spiro atoms. The van der Waals surface area contributed by atoms with E-state index in [9.17, 15) is 4.79 Å².